The van der Waals surface area contributed by atoms with E-state index < -0.39 is 0 Å². The van der Waals surface area contributed by atoms with Crippen LogP contribution < -0.4 is 0 Å². The third-order valence-electron chi connectivity index (χ3n) is 12.7. The van der Waals surface area contributed by atoms with Crippen molar-refractivity contribution in [1.29, 1.82) is 0 Å². The molecule has 0 aliphatic carbocycles. The van der Waals surface area contributed by atoms with E-state index in [1.54, 1.807) is 0 Å². The largest absolute Gasteiger partial charge is 0.0622 e. The van der Waals surface area contributed by atoms with Crippen molar-refractivity contribution in [2.45, 2.75) is 0 Å². The summed E-state index contributed by atoms with van der Waals surface area (Å²) in [5, 5.41) is 23.7. The molecule has 0 nitrogen and oxygen atoms in total. The summed E-state index contributed by atoms with van der Waals surface area (Å²) in [4.78, 5) is 0. The average Bonchev–Trinajstić information content (AvgIpc) is 3.74. The van der Waals surface area contributed by atoms with Gasteiger partial charge in [-0.25, -0.2) is 0 Å². The van der Waals surface area contributed by atoms with Crippen LogP contribution in [0, 0.1) is 0 Å². The maximum atomic E-state index is 2.46. The Morgan fingerprint density at radius 3 is 1.30 bits per heavy atom. The molecule has 0 radical (unpaired) electrons. The van der Waals surface area contributed by atoms with Crippen LogP contribution in [0.1, 0.15) is 0 Å². The summed E-state index contributed by atoms with van der Waals surface area (Å²) in [7, 11) is 0. The predicted molar refractivity (Wildman–Crippen MR) is 243 cm³/mol. The molecule has 0 aliphatic rings. The van der Waals surface area contributed by atoms with E-state index in [4.69, 9.17) is 0 Å². The monoisotopic (exact) mass is 704 g/mol. The molecule has 0 N–H and O–H groups in total. The lowest BCUT2D eigenvalue weighted by molar-refractivity contribution is 1.63. The Morgan fingerprint density at radius 1 is 0.179 bits per heavy atom. The molecule has 0 spiro atoms. The lowest BCUT2D eigenvalue weighted by Crippen LogP contribution is -1.88. The molecule has 13 aromatic carbocycles. The first-order chi connectivity index (χ1) is 27.8. The van der Waals surface area contributed by atoms with Gasteiger partial charge in [-0.2, -0.15) is 0 Å². The van der Waals surface area contributed by atoms with Crippen LogP contribution in [0.25, 0.3) is 130 Å². The van der Waals surface area contributed by atoms with Crippen molar-refractivity contribution < 1.29 is 0 Å². The number of hydrogen-bond donors (Lipinski definition) is 0. The predicted octanol–water partition coefficient (Wildman–Crippen LogP) is 15.9. The summed E-state index contributed by atoms with van der Waals surface area (Å²) in [6.45, 7) is 0. The topological polar surface area (TPSA) is 0 Å². The van der Waals surface area contributed by atoms with E-state index in [0.29, 0.717) is 0 Å². The SMILES string of the molecule is c1ccc(-c2cc3ccccc3cc2-c2ccc3c4cc5cc6c(cc5cc4c4cccc2c34)c2cc3cccc(-c4ccccc4)c3c3cccc6c23)cc1. The van der Waals surface area contributed by atoms with Crippen molar-refractivity contribution in [3.05, 3.63) is 194 Å². The fourth-order valence-electron chi connectivity index (χ4n) is 10.2. The van der Waals surface area contributed by atoms with E-state index in [-0.39, 0.29) is 0 Å². The standard InChI is InChI=1S/C56H32/c1-3-12-33(13-4-1)40-19-9-18-37-28-53-52-32-39-29-49-43-21-10-20-42-41(48-27-36-17-8-7-16-35(36)26-47(48)34-14-5-2-6-15-34)24-25-45(55(42)43)51(49)31-38(39)30-50(52)44-22-11-23-46(54(37)40)56(44)53/h1-32H. The molecule has 0 atom stereocenters. The molecule has 0 heteroatoms. The molecule has 0 unspecified atom stereocenters. The van der Waals surface area contributed by atoms with Gasteiger partial charge in [0.05, 0.1) is 0 Å². The zero-order valence-corrected chi connectivity index (χ0v) is 30.5. The van der Waals surface area contributed by atoms with Gasteiger partial charge >= 0.3 is 0 Å². The molecular formula is C56H32. The smallest absolute Gasteiger partial charge is 0.00197 e. The van der Waals surface area contributed by atoms with Crippen molar-refractivity contribution in [3.63, 3.8) is 0 Å². The lowest BCUT2D eigenvalue weighted by atomic mass is 9.88. The normalized spacial score (nSPS) is 12.3. The van der Waals surface area contributed by atoms with Gasteiger partial charge in [0.15, 0.2) is 0 Å². The van der Waals surface area contributed by atoms with Crippen LogP contribution in [0.15, 0.2) is 194 Å². The van der Waals surface area contributed by atoms with E-state index in [0.717, 1.165) is 0 Å². The quantitative estimate of drug-likeness (QED) is 0.161. The maximum absolute atomic E-state index is 2.46. The highest BCUT2D eigenvalue weighted by Gasteiger charge is 2.20. The zero-order valence-electron chi connectivity index (χ0n) is 30.5. The van der Waals surface area contributed by atoms with Gasteiger partial charge in [-0.3, -0.25) is 0 Å². The second kappa shape index (κ2) is 11.1. The molecule has 0 aromatic heterocycles. The Kier molecular flexibility index (Phi) is 5.98. The third kappa shape index (κ3) is 4.08. The van der Waals surface area contributed by atoms with Gasteiger partial charge in [-0.1, -0.05) is 152 Å². The van der Waals surface area contributed by atoms with Crippen LogP contribution in [-0.2, 0) is 0 Å². The van der Waals surface area contributed by atoms with Crippen LogP contribution in [0.2, 0.25) is 0 Å². The van der Waals surface area contributed by atoms with Gasteiger partial charge in [-0.15, -0.1) is 0 Å². The molecule has 0 heterocycles. The molecule has 0 fully saturated rings. The van der Waals surface area contributed by atoms with E-state index in [1.165, 1.54) is 130 Å². The Hall–Kier alpha value is -7.28. The second-order valence-electron chi connectivity index (χ2n) is 15.6. The van der Waals surface area contributed by atoms with Crippen molar-refractivity contribution in [2.75, 3.05) is 0 Å². The molecule has 0 saturated carbocycles. The van der Waals surface area contributed by atoms with Gasteiger partial charge in [0, 0.05) is 0 Å². The van der Waals surface area contributed by atoms with Gasteiger partial charge < -0.3 is 0 Å². The number of rotatable bonds is 3. The molecule has 13 aromatic rings. The summed E-state index contributed by atoms with van der Waals surface area (Å²) >= 11 is 0. The van der Waals surface area contributed by atoms with Crippen molar-refractivity contribution in [2.24, 2.45) is 0 Å². The van der Waals surface area contributed by atoms with Crippen LogP contribution in [0.5, 0.6) is 0 Å². The molecule has 0 amide bonds. The molecular weight excluding hydrogens is 673 g/mol. The number of fused-ring (bicyclic) bond motifs is 10. The average molecular weight is 705 g/mol. The number of hydrogen-bond acceptors (Lipinski definition) is 0. The molecule has 56 heavy (non-hydrogen) atoms. The fourth-order valence-corrected chi connectivity index (χ4v) is 10.2. The lowest BCUT2D eigenvalue weighted by Gasteiger charge is -2.15. The van der Waals surface area contributed by atoms with Gasteiger partial charge in [0.1, 0.15) is 0 Å². The van der Waals surface area contributed by atoms with E-state index in [9.17, 15) is 0 Å². The minimum absolute atomic E-state index is 1.24. The van der Waals surface area contributed by atoms with E-state index in [1.807, 2.05) is 0 Å². The zero-order chi connectivity index (χ0) is 36.5. The molecule has 13 rings (SSSR count). The van der Waals surface area contributed by atoms with Gasteiger partial charge in [-0.05, 0) is 173 Å². The first kappa shape index (κ1) is 30.1. The Balaban J connectivity index is 1.07. The van der Waals surface area contributed by atoms with Crippen molar-refractivity contribution in [1.82, 2.24) is 0 Å². The molecule has 256 valence electrons. The van der Waals surface area contributed by atoms with Gasteiger partial charge in [0.25, 0.3) is 0 Å². The summed E-state index contributed by atoms with van der Waals surface area (Å²) in [5.74, 6) is 0. The first-order valence-electron chi connectivity index (χ1n) is 19.6. The summed E-state index contributed by atoms with van der Waals surface area (Å²) in [6.07, 6.45) is 0. The fraction of sp³-hybridized carbons (Fsp3) is 0. The summed E-state index contributed by atoms with van der Waals surface area (Å²) in [5.41, 5.74) is 7.59. The summed E-state index contributed by atoms with van der Waals surface area (Å²) in [6, 6.07) is 72.7. The van der Waals surface area contributed by atoms with E-state index >= 15 is 0 Å². The van der Waals surface area contributed by atoms with Crippen molar-refractivity contribution in [3.8, 4) is 33.4 Å². The van der Waals surface area contributed by atoms with Crippen molar-refractivity contribution >= 4 is 97.0 Å². The highest BCUT2D eigenvalue weighted by molar-refractivity contribution is 6.38. The Labute approximate surface area is 323 Å². The molecule has 0 aliphatic heterocycles. The molecule has 0 bridgehead atoms. The minimum Gasteiger partial charge on any atom is -0.0622 e. The van der Waals surface area contributed by atoms with Gasteiger partial charge in [0.2, 0.25) is 0 Å². The number of benzene rings is 11. The molecule has 0 saturated heterocycles. The maximum Gasteiger partial charge on any atom is -0.00197 e. The highest BCUT2D eigenvalue weighted by Crippen LogP contribution is 2.48. The van der Waals surface area contributed by atoms with Crippen LogP contribution in [0.4, 0.5) is 0 Å². The van der Waals surface area contributed by atoms with Crippen LogP contribution in [0.3, 0.4) is 0 Å². The third-order valence-corrected chi connectivity index (χ3v) is 12.7. The minimum atomic E-state index is 1.24. The van der Waals surface area contributed by atoms with Crippen LogP contribution in [-0.4, -0.2) is 0 Å². The second-order valence-corrected chi connectivity index (χ2v) is 15.6. The van der Waals surface area contributed by atoms with E-state index in [2.05, 4.69) is 194 Å². The highest BCUT2D eigenvalue weighted by atomic mass is 14.2. The first-order valence-corrected chi connectivity index (χ1v) is 19.6. The Bertz CT molecular complexity index is 3720. The van der Waals surface area contributed by atoms with Crippen LogP contribution >= 0.6 is 0 Å². The Morgan fingerprint density at radius 2 is 0.643 bits per heavy atom. The summed E-state index contributed by atoms with van der Waals surface area (Å²) < 4.78 is 0.